The number of fused-ring (bicyclic) bond motifs is 1. The van der Waals surface area contributed by atoms with Gasteiger partial charge in [0.1, 0.15) is 12.0 Å². The molecule has 14 heavy (non-hydrogen) atoms. The van der Waals surface area contributed by atoms with Gasteiger partial charge < -0.3 is 0 Å². The monoisotopic (exact) mass is 187 g/mol. The molecule has 0 saturated carbocycles. The molecule has 2 aromatic heterocycles. The Kier molecular flexibility index (Phi) is 2.10. The predicted octanol–water partition coefficient (Wildman–Crippen LogP) is 1.33. The van der Waals surface area contributed by atoms with Crippen LogP contribution in [0, 0.1) is 0 Å². The van der Waals surface area contributed by atoms with Crippen molar-refractivity contribution in [3.63, 3.8) is 0 Å². The van der Waals surface area contributed by atoms with E-state index in [0.29, 0.717) is 5.57 Å². The van der Waals surface area contributed by atoms with Crippen LogP contribution in [0.25, 0.3) is 11.6 Å². The summed E-state index contributed by atoms with van der Waals surface area (Å²) in [4.78, 5) is 10.4. The molecule has 2 rings (SSSR count). The minimum Gasteiger partial charge on any atom is -0.298 e. The van der Waals surface area contributed by atoms with Crippen LogP contribution in [0.5, 0.6) is 0 Å². The Balaban J connectivity index is 2.59. The molecular formula is C10H9N3O. The molecule has 0 aliphatic carbocycles. The Morgan fingerprint density at radius 3 is 3.14 bits per heavy atom. The van der Waals surface area contributed by atoms with E-state index in [1.165, 1.54) is 0 Å². The van der Waals surface area contributed by atoms with Crippen molar-refractivity contribution in [3.8, 4) is 0 Å². The van der Waals surface area contributed by atoms with Gasteiger partial charge in [-0.05, 0) is 30.7 Å². The summed E-state index contributed by atoms with van der Waals surface area (Å²) in [6, 6.07) is 5.69. The van der Waals surface area contributed by atoms with E-state index in [4.69, 9.17) is 0 Å². The Morgan fingerprint density at radius 2 is 2.36 bits per heavy atom. The van der Waals surface area contributed by atoms with Crippen LogP contribution < -0.4 is 0 Å². The molecular weight excluding hydrogens is 178 g/mol. The van der Waals surface area contributed by atoms with Gasteiger partial charge in [0.2, 0.25) is 0 Å². The van der Waals surface area contributed by atoms with Crippen LogP contribution in [0.2, 0.25) is 0 Å². The van der Waals surface area contributed by atoms with Crippen molar-refractivity contribution in [1.29, 1.82) is 0 Å². The van der Waals surface area contributed by atoms with Gasteiger partial charge in [-0.2, -0.15) is 0 Å². The highest BCUT2D eigenvalue weighted by Gasteiger charge is 2.01. The second-order valence-corrected chi connectivity index (χ2v) is 3.01. The maximum Gasteiger partial charge on any atom is 0.145 e. The summed E-state index contributed by atoms with van der Waals surface area (Å²) in [6.07, 6.45) is 4.33. The van der Waals surface area contributed by atoms with Gasteiger partial charge in [0.15, 0.2) is 0 Å². The zero-order valence-electron chi connectivity index (χ0n) is 7.71. The number of carbonyl (C=O) groups excluding carboxylic acids is 1. The van der Waals surface area contributed by atoms with E-state index in [2.05, 4.69) is 10.3 Å². The average Bonchev–Trinajstić information content (AvgIpc) is 2.62. The van der Waals surface area contributed by atoms with E-state index in [-0.39, 0.29) is 0 Å². The average molecular weight is 187 g/mol. The number of allylic oxidation sites excluding steroid dienone is 1. The molecule has 0 saturated heterocycles. The molecule has 0 aromatic carbocycles. The van der Waals surface area contributed by atoms with Crippen molar-refractivity contribution >= 4 is 17.9 Å². The van der Waals surface area contributed by atoms with E-state index in [0.717, 1.165) is 17.5 Å². The highest BCUT2D eigenvalue weighted by Crippen LogP contribution is 2.09. The van der Waals surface area contributed by atoms with Gasteiger partial charge in [0.05, 0.1) is 5.52 Å². The first kappa shape index (κ1) is 8.62. The van der Waals surface area contributed by atoms with Crippen molar-refractivity contribution in [2.24, 2.45) is 0 Å². The largest absolute Gasteiger partial charge is 0.298 e. The summed E-state index contributed by atoms with van der Waals surface area (Å²) in [5.41, 5.74) is 2.25. The molecule has 0 amide bonds. The molecule has 0 N–H and O–H groups in total. The summed E-state index contributed by atoms with van der Waals surface area (Å²) in [5.74, 6) is 0. The number of aldehydes is 1. The minimum absolute atomic E-state index is 0.635. The fourth-order valence-corrected chi connectivity index (χ4v) is 1.22. The van der Waals surface area contributed by atoms with E-state index < -0.39 is 0 Å². The van der Waals surface area contributed by atoms with Crippen molar-refractivity contribution < 1.29 is 4.79 Å². The standard InChI is InChI=1S/C10H9N3O/c1-8(7-14)6-9-10-4-2-3-5-13(10)12-11-9/h2-7H,1H3/b8-6-. The zero-order chi connectivity index (χ0) is 9.97. The van der Waals surface area contributed by atoms with Gasteiger partial charge in [-0.25, -0.2) is 4.52 Å². The van der Waals surface area contributed by atoms with Crippen LogP contribution in [-0.2, 0) is 4.79 Å². The van der Waals surface area contributed by atoms with Gasteiger partial charge in [-0.1, -0.05) is 11.3 Å². The first-order valence-corrected chi connectivity index (χ1v) is 4.25. The van der Waals surface area contributed by atoms with Crippen LogP contribution in [0.3, 0.4) is 0 Å². The summed E-state index contributed by atoms with van der Waals surface area (Å²) >= 11 is 0. The fourth-order valence-electron chi connectivity index (χ4n) is 1.22. The van der Waals surface area contributed by atoms with Crippen molar-refractivity contribution in [1.82, 2.24) is 14.8 Å². The number of rotatable bonds is 2. The van der Waals surface area contributed by atoms with Crippen molar-refractivity contribution in [3.05, 3.63) is 35.7 Å². The van der Waals surface area contributed by atoms with Crippen molar-refractivity contribution in [2.75, 3.05) is 0 Å². The highest BCUT2D eigenvalue weighted by molar-refractivity contribution is 5.82. The first-order chi connectivity index (χ1) is 6.81. The maximum absolute atomic E-state index is 10.4. The number of nitrogens with zero attached hydrogens (tertiary/aromatic N) is 3. The molecule has 0 radical (unpaired) electrons. The van der Waals surface area contributed by atoms with Crippen LogP contribution in [0.4, 0.5) is 0 Å². The third-order valence-electron chi connectivity index (χ3n) is 1.90. The minimum atomic E-state index is 0.635. The topological polar surface area (TPSA) is 47.3 Å². The Labute approximate surface area is 80.9 Å². The Bertz CT molecular complexity index is 499. The molecule has 0 bridgehead atoms. The molecule has 2 heterocycles. The van der Waals surface area contributed by atoms with Gasteiger partial charge in [0, 0.05) is 6.20 Å². The molecule has 0 aliphatic rings. The van der Waals surface area contributed by atoms with Crippen LogP contribution in [0.15, 0.2) is 30.0 Å². The lowest BCUT2D eigenvalue weighted by atomic mass is 10.2. The smallest absolute Gasteiger partial charge is 0.145 e. The van der Waals surface area contributed by atoms with E-state index in [1.807, 2.05) is 24.4 Å². The summed E-state index contributed by atoms with van der Waals surface area (Å²) in [7, 11) is 0. The SMILES string of the molecule is C/C(C=O)=C/c1nnn2ccccc12. The highest BCUT2D eigenvalue weighted by atomic mass is 16.1. The van der Waals surface area contributed by atoms with Crippen LogP contribution in [0.1, 0.15) is 12.6 Å². The van der Waals surface area contributed by atoms with Crippen LogP contribution in [-0.4, -0.2) is 21.1 Å². The lowest BCUT2D eigenvalue weighted by Gasteiger charge is -1.90. The van der Waals surface area contributed by atoms with E-state index >= 15 is 0 Å². The number of pyridine rings is 1. The number of hydrogen-bond acceptors (Lipinski definition) is 3. The van der Waals surface area contributed by atoms with Crippen molar-refractivity contribution in [2.45, 2.75) is 6.92 Å². The second-order valence-electron chi connectivity index (χ2n) is 3.01. The normalized spacial score (nSPS) is 11.9. The molecule has 0 fully saturated rings. The summed E-state index contributed by atoms with van der Waals surface area (Å²) < 4.78 is 1.67. The van der Waals surface area contributed by atoms with Gasteiger partial charge in [-0.15, -0.1) is 5.10 Å². The number of aromatic nitrogens is 3. The van der Waals surface area contributed by atoms with E-state index in [1.54, 1.807) is 17.5 Å². The van der Waals surface area contributed by atoms with Crippen LogP contribution >= 0.6 is 0 Å². The molecule has 0 atom stereocenters. The predicted molar refractivity (Wildman–Crippen MR) is 52.7 cm³/mol. The zero-order valence-corrected chi connectivity index (χ0v) is 7.71. The second kappa shape index (κ2) is 3.41. The maximum atomic E-state index is 10.4. The quantitative estimate of drug-likeness (QED) is 0.526. The first-order valence-electron chi connectivity index (χ1n) is 4.25. The Hall–Kier alpha value is -1.97. The molecule has 0 aliphatic heterocycles. The Morgan fingerprint density at radius 1 is 1.50 bits per heavy atom. The molecule has 4 nitrogen and oxygen atoms in total. The van der Waals surface area contributed by atoms with E-state index in [9.17, 15) is 4.79 Å². The molecule has 0 spiro atoms. The third-order valence-corrected chi connectivity index (χ3v) is 1.90. The number of carbonyl (C=O) groups is 1. The lowest BCUT2D eigenvalue weighted by molar-refractivity contribution is -0.104. The third kappa shape index (κ3) is 1.42. The number of hydrogen-bond donors (Lipinski definition) is 0. The van der Waals surface area contributed by atoms with Gasteiger partial charge >= 0.3 is 0 Å². The fraction of sp³-hybridized carbons (Fsp3) is 0.100. The van der Waals surface area contributed by atoms with Gasteiger partial charge in [-0.3, -0.25) is 4.79 Å². The molecule has 70 valence electrons. The summed E-state index contributed by atoms with van der Waals surface area (Å²) in [5, 5.41) is 7.87. The molecule has 0 unspecified atom stereocenters. The molecule has 4 heteroatoms. The lowest BCUT2D eigenvalue weighted by Crippen LogP contribution is -1.83. The summed E-state index contributed by atoms with van der Waals surface area (Å²) in [6.45, 7) is 1.74. The molecule has 2 aromatic rings. The van der Waals surface area contributed by atoms with Gasteiger partial charge in [0.25, 0.3) is 0 Å².